The van der Waals surface area contributed by atoms with Crippen LogP contribution >= 0.6 is 15.9 Å². The first-order valence-corrected chi connectivity index (χ1v) is 6.09. The Morgan fingerprint density at radius 1 is 1.47 bits per heavy atom. The number of rotatable bonds is 3. The van der Waals surface area contributed by atoms with Gasteiger partial charge in [-0.25, -0.2) is 0 Å². The van der Waals surface area contributed by atoms with E-state index in [-0.39, 0.29) is 5.91 Å². The molecule has 3 heteroatoms. The van der Waals surface area contributed by atoms with E-state index in [9.17, 15) is 4.79 Å². The smallest absolute Gasteiger partial charge is 0.254 e. The standard InChI is InChI=1S/C12H14BrNO/c1-2-3-6-14-8-9-4-5-10(13)7-11(9)12(14)15/h4-5,7H,2-3,6,8H2,1H3. The van der Waals surface area contributed by atoms with Gasteiger partial charge >= 0.3 is 0 Å². The third kappa shape index (κ3) is 2.07. The van der Waals surface area contributed by atoms with Gasteiger partial charge in [-0.2, -0.15) is 0 Å². The number of fused-ring (bicyclic) bond motifs is 1. The first kappa shape index (κ1) is 10.7. The minimum atomic E-state index is 0.180. The summed E-state index contributed by atoms with van der Waals surface area (Å²) >= 11 is 3.39. The highest BCUT2D eigenvalue weighted by molar-refractivity contribution is 9.10. The van der Waals surface area contributed by atoms with Crippen LogP contribution < -0.4 is 0 Å². The highest BCUT2D eigenvalue weighted by atomic mass is 79.9. The molecule has 0 aromatic heterocycles. The summed E-state index contributed by atoms with van der Waals surface area (Å²) in [6.45, 7) is 3.80. The second-order valence-electron chi connectivity index (χ2n) is 3.88. The molecule has 1 aromatic carbocycles. The summed E-state index contributed by atoms with van der Waals surface area (Å²) in [5, 5.41) is 0. The summed E-state index contributed by atoms with van der Waals surface area (Å²) in [4.78, 5) is 13.9. The summed E-state index contributed by atoms with van der Waals surface area (Å²) in [5.41, 5.74) is 2.01. The average molecular weight is 268 g/mol. The van der Waals surface area contributed by atoms with Crippen LogP contribution in [0, 0.1) is 0 Å². The summed E-state index contributed by atoms with van der Waals surface area (Å²) in [5.74, 6) is 0.180. The van der Waals surface area contributed by atoms with E-state index in [4.69, 9.17) is 0 Å². The van der Waals surface area contributed by atoms with Gasteiger partial charge in [0.05, 0.1) is 0 Å². The van der Waals surface area contributed by atoms with E-state index in [1.54, 1.807) is 0 Å². The van der Waals surface area contributed by atoms with Gasteiger partial charge in [-0.15, -0.1) is 0 Å². The van der Waals surface area contributed by atoms with E-state index in [2.05, 4.69) is 22.9 Å². The number of nitrogens with zero attached hydrogens (tertiary/aromatic N) is 1. The Hall–Kier alpha value is -0.830. The topological polar surface area (TPSA) is 20.3 Å². The van der Waals surface area contributed by atoms with Gasteiger partial charge in [-0.3, -0.25) is 4.79 Å². The normalized spacial score (nSPS) is 14.5. The van der Waals surface area contributed by atoms with Crippen molar-refractivity contribution < 1.29 is 4.79 Å². The first-order valence-electron chi connectivity index (χ1n) is 5.30. The van der Waals surface area contributed by atoms with E-state index in [1.165, 1.54) is 0 Å². The second-order valence-corrected chi connectivity index (χ2v) is 4.80. The lowest BCUT2D eigenvalue weighted by Gasteiger charge is -2.14. The van der Waals surface area contributed by atoms with Gasteiger partial charge in [0.1, 0.15) is 0 Å². The molecule has 0 spiro atoms. The molecule has 0 unspecified atom stereocenters. The van der Waals surface area contributed by atoms with Crippen molar-refractivity contribution >= 4 is 21.8 Å². The molecule has 0 bridgehead atoms. The van der Waals surface area contributed by atoms with Crippen LogP contribution in [-0.2, 0) is 6.54 Å². The third-order valence-corrected chi connectivity index (χ3v) is 3.23. The van der Waals surface area contributed by atoms with Crippen LogP contribution in [-0.4, -0.2) is 17.4 Å². The monoisotopic (exact) mass is 267 g/mol. The predicted octanol–water partition coefficient (Wildman–Crippen LogP) is 3.21. The average Bonchev–Trinajstić information content (AvgIpc) is 2.53. The minimum absolute atomic E-state index is 0.180. The number of benzene rings is 1. The Morgan fingerprint density at radius 2 is 2.27 bits per heavy atom. The second kappa shape index (κ2) is 4.35. The minimum Gasteiger partial charge on any atom is -0.334 e. The lowest BCUT2D eigenvalue weighted by molar-refractivity contribution is 0.0776. The van der Waals surface area contributed by atoms with Crippen molar-refractivity contribution in [3.8, 4) is 0 Å². The van der Waals surface area contributed by atoms with E-state index < -0.39 is 0 Å². The van der Waals surface area contributed by atoms with Crippen molar-refractivity contribution in [1.82, 2.24) is 4.90 Å². The van der Waals surface area contributed by atoms with Gasteiger partial charge in [-0.05, 0) is 24.1 Å². The van der Waals surface area contributed by atoms with Crippen LogP contribution in [0.5, 0.6) is 0 Å². The Labute approximate surface area is 98.4 Å². The third-order valence-electron chi connectivity index (χ3n) is 2.73. The predicted molar refractivity (Wildman–Crippen MR) is 63.8 cm³/mol. The lowest BCUT2D eigenvalue weighted by atomic mass is 10.1. The van der Waals surface area contributed by atoms with Crippen molar-refractivity contribution in [2.75, 3.05) is 6.54 Å². The van der Waals surface area contributed by atoms with Gasteiger partial charge < -0.3 is 4.90 Å². The molecule has 15 heavy (non-hydrogen) atoms. The molecule has 0 saturated heterocycles. The van der Waals surface area contributed by atoms with Crippen LogP contribution in [0.3, 0.4) is 0 Å². The number of hydrogen-bond acceptors (Lipinski definition) is 1. The van der Waals surface area contributed by atoms with Crippen molar-refractivity contribution in [3.63, 3.8) is 0 Å². The molecular weight excluding hydrogens is 254 g/mol. The van der Waals surface area contributed by atoms with E-state index in [1.807, 2.05) is 23.1 Å². The molecule has 2 rings (SSSR count). The molecule has 0 N–H and O–H groups in total. The van der Waals surface area contributed by atoms with Gasteiger partial charge in [0, 0.05) is 23.1 Å². The molecule has 0 radical (unpaired) electrons. The number of halogens is 1. The van der Waals surface area contributed by atoms with Crippen molar-refractivity contribution in [1.29, 1.82) is 0 Å². The Morgan fingerprint density at radius 3 is 3.00 bits per heavy atom. The highest BCUT2D eigenvalue weighted by Gasteiger charge is 2.26. The fraction of sp³-hybridized carbons (Fsp3) is 0.417. The number of amides is 1. The quantitative estimate of drug-likeness (QED) is 0.824. The number of unbranched alkanes of at least 4 members (excludes halogenated alkanes) is 1. The molecule has 1 amide bonds. The molecule has 0 fully saturated rings. The van der Waals surface area contributed by atoms with Gasteiger partial charge in [0.15, 0.2) is 0 Å². The Balaban J connectivity index is 2.18. The van der Waals surface area contributed by atoms with Crippen LogP contribution in [0.2, 0.25) is 0 Å². The zero-order valence-electron chi connectivity index (χ0n) is 8.79. The number of hydrogen-bond donors (Lipinski definition) is 0. The maximum Gasteiger partial charge on any atom is 0.254 e. The van der Waals surface area contributed by atoms with Crippen LogP contribution in [0.25, 0.3) is 0 Å². The maximum atomic E-state index is 12.0. The summed E-state index contributed by atoms with van der Waals surface area (Å²) in [7, 11) is 0. The van der Waals surface area contributed by atoms with E-state index in [0.29, 0.717) is 0 Å². The van der Waals surface area contributed by atoms with Crippen LogP contribution in [0.15, 0.2) is 22.7 Å². The summed E-state index contributed by atoms with van der Waals surface area (Å²) in [6.07, 6.45) is 2.21. The molecular formula is C12H14BrNO. The van der Waals surface area contributed by atoms with Gasteiger partial charge in [-0.1, -0.05) is 35.3 Å². The fourth-order valence-electron chi connectivity index (χ4n) is 1.86. The first-order chi connectivity index (χ1) is 7.22. The molecule has 0 saturated carbocycles. The fourth-order valence-corrected chi connectivity index (χ4v) is 2.22. The van der Waals surface area contributed by atoms with Gasteiger partial charge in [0.2, 0.25) is 0 Å². The van der Waals surface area contributed by atoms with Gasteiger partial charge in [0.25, 0.3) is 5.91 Å². The Bertz CT molecular complexity index is 389. The van der Waals surface area contributed by atoms with Crippen molar-refractivity contribution in [2.45, 2.75) is 26.3 Å². The van der Waals surface area contributed by atoms with E-state index >= 15 is 0 Å². The highest BCUT2D eigenvalue weighted by Crippen LogP contribution is 2.25. The van der Waals surface area contributed by atoms with Crippen molar-refractivity contribution in [2.24, 2.45) is 0 Å². The number of carbonyl (C=O) groups excluding carboxylic acids is 1. The molecule has 2 nitrogen and oxygen atoms in total. The van der Waals surface area contributed by atoms with E-state index in [0.717, 1.165) is 41.5 Å². The molecule has 1 aliphatic rings. The lowest BCUT2D eigenvalue weighted by Crippen LogP contribution is -2.24. The Kier molecular flexibility index (Phi) is 3.10. The molecule has 1 aromatic rings. The summed E-state index contributed by atoms with van der Waals surface area (Å²) < 4.78 is 0.979. The van der Waals surface area contributed by atoms with Crippen LogP contribution in [0.1, 0.15) is 35.7 Å². The summed E-state index contributed by atoms with van der Waals surface area (Å²) in [6, 6.07) is 5.95. The zero-order chi connectivity index (χ0) is 10.8. The van der Waals surface area contributed by atoms with Crippen molar-refractivity contribution in [3.05, 3.63) is 33.8 Å². The zero-order valence-corrected chi connectivity index (χ0v) is 10.4. The maximum absolute atomic E-state index is 12.0. The molecule has 1 heterocycles. The molecule has 0 atom stereocenters. The number of carbonyl (C=O) groups is 1. The SMILES string of the molecule is CCCCN1Cc2ccc(Br)cc2C1=O. The molecule has 0 aliphatic carbocycles. The van der Waals surface area contributed by atoms with Crippen LogP contribution in [0.4, 0.5) is 0 Å². The molecule has 1 aliphatic heterocycles. The largest absolute Gasteiger partial charge is 0.334 e. The molecule has 80 valence electrons.